The van der Waals surface area contributed by atoms with Crippen LogP contribution in [0.15, 0.2) is 48.7 Å². The Morgan fingerprint density at radius 1 is 1.23 bits per heavy atom. The van der Waals surface area contributed by atoms with E-state index in [2.05, 4.69) is 67.3 Å². The molecule has 1 aromatic heterocycles. The number of fused-ring (bicyclic) bond motifs is 1. The first-order valence-corrected chi connectivity index (χ1v) is 11.0. The number of hydrogen-bond donors (Lipinski definition) is 1. The molecule has 1 aliphatic rings. The summed E-state index contributed by atoms with van der Waals surface area (Å²) in [7, 11) is 3.74. The summed E-state index contributed by atoms with van der Waals surface area (Å²) < 4.78 is 13.2. The second-order valence-electron chi connectivity index (χ2n) is 8.79. The normalized spacial score (nSPS) is 16.8. The first kappa shape index (κ1) is 21.4. The summed E-state index contributed by atoms with van der Waals surface area (Å²) >= 11 is 0. The number of carbonyl (C=O) groups is 1. The van der Waals surface area contributed by atoms with Crippen molar-refractivity contribution in [2.75, 3.05) is 20.3 Å². The van der Waals surface area contributed by atoms with E-state index in [1.54, 1.807) is 7.11 Å². The maximum Gasteiger partial charge on any atom is 0.231 e. The first-order valence-electron chi connectivity index (χ1n) is 11.0. The molecule has 5 nitrogen and oxygen atoms in total. The number of nitrogens with zero attached hydrogens (tertiary/aromatic N) is 1. The molecule has 0 unspecified atom stereocenters. The van der Waals surface area contributed by atoms with E-state index < -0.39 is 5.41 Å². The Morgan fingerprint density at radius 3 is 2.71 bits per heavy atom. The molecule has 4 rings (SSSR count). The molecule has 0 bridgehead atoms. The summed E-state index contributed by atoms with van der Waals surface area (Å²) in [6.07, 6.45) is 4.33. The molecule has 1 saturated heterocycles. The van der Waals surface area contributed by atoms with Crippen LogP contribution in [0.5, 0.6) is 5.75 Å². The van der Waals surface area contributed by atoms with Crippen molar-refractivity contribution in [3.8, 4) is 5.75 Å². The zero-order valence-electron chi connectivity index (χ0n) is 18.9. The molecule has 164 valence electrons. The SMILES string of the molecule is COc1ccc2c(c1)c(C[C@H](C)NC(=O)C1(c3cccc(C)c3)CCOCC1)cn2C. The van der Waals surface area contributed by atoms with Crippen LogP contribution in [-0.2, 0) is 28.4 Å². The average Bonchev–Trinajstić information content (AvgIpc) is 3.08. The van der Waals surface area contributed by atoms with E-state index in [-0.39, 0.29) is 11.9 Å². The molecule has 1 amide bonds. The summed E-state index contributed by atoms with van der Waals surface area (Å²) in [5.74, 6) is 0.948. The van der Waals surface area contributed by atoms with E-state index in [9.17, 15) is 4.79 Å². The minimum atomic E-state index is -0.527. The van der Waals surface area contributed by atoms with Crippen molar-refractivity contribution in [2.45, 2.75) is 44.6 Å². The number of methoxy groups -OCH3 is 1. The van der Waals surface area contributed by atoms with Crippen molar-refractivity contribution in [1.82, 2.24) is 9.88 Å². The van der Waals surface area contributed by atoms with Crippen molar-refractivity contribution >= 4 is 16.8 Å². The number of hydrogen-bond acceptors (Lipinski definition) is 3. The number of ether oxygens (including phenoxy) is 2. The zero-order chi connectivity index (χ0) is 22.0. The number of carbonyl (C=O) groups excluding carboxylic acids is 1. The molecule has 0 saturated carbocycles. The van der Waals surface area contributed by atoms with Crippen LogP contribution >= 0.6 is 0 Å². The molecule has 5 heteroatoms. The number of rotatable bonds is 6. The molecular weight excluding hydrogens is 388 g/mol. The van der Waals surface area contributed by atoms with Gasteiger partial charge >= 0.3 is 0 Å². The predicted octanol–water partition coefficient (Wildman–Crippen LogP) is 4.29. The molecule has 31 heavy (non-hydrogen) atoms. The third-order valence-corrected chi connectivity index (χ3v) is 6.53. The van der Waals surface area contributed by atoms with Gasteiger partial charge in [-0.3, -0.25) is 4.79 Å². The van der Waals surface area contributed by atoms with Gasteiger partial charge in [0.15, 0.2) is 0 Å². The zero-order valence-corrected chi connectivity index (χ0v) is 18.9. The summed E-state index contributed by atoms with van der Waals surface area (Å²) in [6.45, 7) is 5.38. The van der Waals surface area contributed by atoms with Crippen molar-refractivity contribution in [3.05, 3.63) is 65.4 Å². The molecule has 3 aromatic rings. The highest BCUT2D eigenvalue weighted by molar-refractivity contribution is 5.89. The van der Waals surface area contributed by atoms with Gasteiger partial charge in [0.2, 0.25) is 5.91 Å². The minimum absolute atomic E-state index is 0.00818. The highest BCUT2D eigenvalue weighted by Gasteiger charge is 2.42. The standard InChI is InChI=1S/C26H32N2O3/c1-18-6-5-7-21(14-18)26(10-12-31-13-11-26)25(29)27-19(2)15-20-17-28(3)24-9-8-22(30-4)16-23(20)24/h5-9,14,16-17,19H,10-13,15H2,1-4H3,(H,27,29)/t19-/m0/s1. The topological polar surface area (TPSA) is 52.5 Å². The largest absolute Gasteiger partial charge is 0.497 e. The molecule has 1 N–H and O–H groups in total. The van der Waals surface area contributed by atoms with Crippen LogP contribution in [0.25, 0.3) is 10.9 Å². The summed E-state index contributed by atoms with van der Waals surface area (Å²) in [5, 5.41) is 4.49. The number of aryl methyl sites for hydroxylation is 2. The second-order valence-corrected chi connectivity index (χ2v) is 8.79. The fourth-order valence-electron chi connectivity index (χ4n) is 4.79. The predicted molar refractivity (Wildman–Crippen MR) is 124 cm³/mol. The fourth-order valence-corrected chi connectivity index (χ4v) is 4.79. The van der Waals surface area contributed by atoms with Crippen LogP contribution in [0, 0.1) is 6.92 Å². The van der Waals surface area contributed by atoms with Gasteiger partial charge < -0.3 is 19.4 Å². The monoisotopic (exact) mass is 420 g/mol. The number of aromatic nitrogens is 1. The van der Waals surface area contributed by atoms with Crippen LogP contribution < -0.4 is 10.1 Å². The van der Waals surface area contributed by atoms with Crippen molar-refractivity contribution in [2.24, 2.45) is 7.05 Å². The molecule has 0 aliphatic carbocycles. The number of amides is 1. The second kappa shape index (κ2) is 8.75. The Kier molecular flexibility index (Phi) is 6.05. The van der Waals surface area contributed by atoms with E-state index in [1.165, 1.54) is 16.5 Å². The lowest BCUT2D eigenvalue weighted by Crippen LogP contribution is -2.50. The van der Waals surface area contributed by atoms with Gasteiger partial charge in [-0.2, -0.15) is 0 Å². The van der Waals surface area contributed by atoms with Crippen LogP contribution in [0.3, 0.4) is 0 Å². The van der Waals surface area contributed by atoms with E-state index in [0.29, 0.717) is 26.1 Å². The molecular formula is C26H32N2O3. The first-order chi connectivity index (χ1) is 14.9. The lowest BCUT2D eigenvalue weighted by atomic mass is 9.73. The minimum Gasteiger partial charge on any atom is -0.497 e. The van der Waals surface area contributed by atoms with E-state index in [4.69, 9.17) is 9.47 Å². The Hall–Kier alpha value is -2.79. The van der Waals surface area contributed by atoms with E-state index in [1.807, 2.05) is 12.1 Å². The van der Waals surface area contributed by atoms with Gasteiger partial charge in [-0.1, -0.05) is 29.8 Å². The molecule has 0 radical (unpaired) electrons. The third-order valence-electron chi connectivity index (χ3n) is 6.53. The van der Waals surface area contributed by atoms with Gasteiger partial charge in [-0.15, -0.1) is 0 Å². The van der Waals surface area contributed by atoms with Crippen LogP contribution in [0.4, 0.5) is 0 Å². The van der Waals surface area contributed by atoms with Crippen molar-refractivity contribution in [1.29, 1.82) is 0 Å². The maximum atomic E-state index is 13.6. The fraction of sp³-hybridized carbons (Fsp3) is 0.423. The van der Waals surface area contributed by atoms with Crippen molar-refractivity contribution < 1.29 is 14.3 Å². The van der Waals surface area contributed by atoms with Gasteiger partial charge in [0.05, 0.1) is 12.5 Å². The molecule has 1 fully saturated rings. The molecule has 1 aliphatic heterocycles. The molecule has 0 spiro atoms. The summed E-state index contributed by atoms with van der Waals surface area (Å²) in [6, 6.07) is 14.5. The van der Waals surface area contributed by atoms with Crippen LogP contribution in [0.2, 0.25) is 0 Å². The Bertz CT molecular complexity index is 1080. The quantitative estimate of drug-likeness (QED) is 0.647. The Labute approximate surface area is 184 Å². The van der Waals surface area contributed by atoms with Crippen LogP contribution in [0.1, 0.15) is 36.5 Å². The Balaban J connectivity index is 1.57. The van der Waals surface area contributed by atoms with Crippen LogP contribution in [-0.4, -0.2) is 36.8 Å². The van der Waals surface area contributed by atoms with Gasteiger partial charge in [0, 0.05) is 43.4 Å². The molecule has 1 atom stereocenters. The lowest BCUT2D eigenvalue weighted by Gasteiger charge is -2.37. The van der Waals surface area contributed by atoms with E-state index in [0.717, 1.165) is 23.3 Å². The highest BCUT2D eigenvalue weighted by Crippen LogP contribution is 2.36. The summed E-state index contributed by atoms with van der Waals surface area (Å²) in [5.41, 5.74) is 4.11. The Morgan fingerprint density at radius 2 is 2.00 bits per heavy atom. The third kappa shape index (κ3) is 4.19. The van der Waals surface area contributed by atoms with Gasteiger partial charge in [-0.05, 0) is 62.4 Å². The molecule has 2 aromatic carbocycles. The lowest BCUT2D eigenvalue weighted by molar-refractivity contribution is -0.131. The highest BCUT2D eigenvalue weighted by atomic mass is 16.5. The average molecular weight is 421 g/mol. The number of nitrogens with one attached hydrogen (secondary N) is 1. The van der Waals surface area contributed by atoms with Gasteiger partial charge in [0.1, 0.15) is 5.75 Å². The van der Waals surface area contributed by atoms with E-state index >= 15 is 0 Å². The molecule has 2 heterocycles. The maximum absolute atomic E-state index is 13.6. The van der Waals surface area contributed by atoms with Gasteiger partial charge in [0.25, 0.3) is 0 Å². The number of benzene rings is 2. The van der Waals surface area contributed by atoms with Crippen molar-refractivity contribution in [3.63, 3.8) is 0 Å². The van der Waals surface area contributed by atoms with Gasteiger partial charge in [-0.25, -0.2) is 0 Å². The smallest absolute Gasteiger partial charge is 0.231 e. The summed E-state index contributed by atoms with van der Waals surface area (Å²) in [4.78, 5) is 13.6.